The molecule has 0 unspecified atom stereocenters. The Kier molecular flexibility index (Phi) is 4.51. The summed E-state index contributed by atoms with van der Waals surface area (Å²) in [5.74, 6) is -1.39. The summed E-state index contributed by atoms with van der Waals surface area (Å²) in [4.78, 5) is 0. The van der Waals surface area contributed by atoms with E-state index >= 15 is 0 Å². The average Bonchev–Trinajstić information content (AvgIpc) is 2.25. The number of hydrogen-bond acceptors (Lipinski definition) is 1. The Morgan fingerprint density at radius 2 is 1.94 bits per heavy atom. The molecule has 0 amide bonds. The zero-order valence-corrected chi connectivity index (χ0v) is 9.64. The molecule has 0 fully saturated rings. The second kappa shape index (κ2) is 5.49. The summed E-state index contributed by atoms with van der Waals surface area (Å²) in [5.41, 5.74) is -0.771. The lowest BCUT2D eigenvalue weighted by Gasteiger charge is -2.16. The van der Waals surface area contributed by atoms with Crippen LogP contribution in [0.25, 0.3) is 0 Å². The van der Waals surface area contributed by atoms with Crippen molar-refractivity contribution in [2.45, 2.75) is 25.4 Å². The lowest BCUT2D eigenvalue weighted by atomic mass is 9.95. The highest BCUT2D eigenvalue weighted by Gasteiger charge is 2.34. The molecule has 0 spiro atoms. The van der Waals surface area contributed by atoms with Gasteiger partial charge in [-0.25, -0.2) is 4.39 Å². The third-order valence-corrected chi connectivity index (χ3v) is 2.63. The van der Waals surface area contributed by atoms with Crippen molar-refractivity contribution < 1.29 is 22.3 Å². The van der Waals surface area contributed by atoms with Crippen LogP contribution in [0.15, 0.2) is 18.2 Å². The summed E-state index contributed by atoms with van der Waals surface area (Å²) >= 11 is 0. The van der Waals surface area contributed by atoms with Gasteiger partial charge in [0, 0.05) is 13.0 Å². The number of methoxy groups -OCH3 is 1. The third kappa shape index (κ3) is 3.43. The molecular formula is C12H14F4O. The van der Waals surface area contributed by atoms with Gasteiger partial charge in [0.25, 0.3) is 0 Å². The van der Waals surface area contributed by atoms with E-state index in [2.05, 4.69) is 0 Å². The van der Waals surface area contributed by atoms with E-state index in [-0.39, 0.29) is 5.92 Å². The van der Waals surface area contributed by atoms with Gasteiger partial charge in [0.15, 0.2) is 0 Å². The van der Waals surface area contributed by atoms with E-state index in [1.54, 1.807) is 0 Å². The first-order valence-electron chi connectivity index (χ1n) is 5.25. The highest BCUT2D eigenvalue weighted by molar-refractivity contribution is 5.29. The Hall–Kier alpha value is -1.10. The first-order valence-corrected chi connectivity index (χ1v) is 5.25. The van der Waals surface area contributed by atoms with Crippen molar-refractivity contribution in [3.05, 3.63) is 35.1 Å². The first kappa shape index (κ1) is 14.0. The predicted octanol–water partition coefficient (Wildman–Crippen LogP) is 3.98. The van der Waals surface area contributed by atoms with Crippen LogP contribution in [0, 0.1) is 5.82 Å². The topological polar surface area (TPSA) is 9.23 Å². The lowest BCUT2D eigenvalue weighted by Crippen LogP contribution is -2.11. The molecule has 0 aliphatic rings. The Balaban J connectivity index is 3.11. The molecule has 5 heteroatoms. The predicted molar refractivity (Wildman–Crippen MR) is 56.3 cm³/mol. The van der Waals surface area contributed by atoms with Gasteiger partial charge in [-0.15, -0.1) is 0 Å². The minimum absolute atomic E-state index is 0.151. The van der Waals surface area contributed by atoms with Gasteiger partial charge in [-0.2, -0.15) is 13.2 Å². The van der Waals surface area contributed by atoms with Crippen molar-refractivity contribution in [2.24, 2.45) is 0 Å². The van der Waals surface area contributed by atoms with Crippen LogP contribution < -0.4 is 0 Å². The molecule has 1 nitrogen and oxygen atoms in total. The van der Waals surface area contributed by atoms with E-state index in [1.807, 2.05) is 6.92 Å². The van der Waals surface area contributed by atoms with Gasteiger partial charge < -0.3 is 4.74 Å². The highest BCUT2D eigenvalue weighted by Crippen LogP contribution is 2.33. The Morgan fingerprint density at radius 3 is 2.41 bits per heavy atom. The third-order valence-electron chi connectivity index (χ3n) is 2.63. The number of halogens is 4. The summed E-state index contributed by atoms with van der Waals surface area (Å²) in [6.45, 7) is 2.17. The molecule has 0 heterocycles. The lowest BCUT2D eigenvalue weighted by molar-refractivity contribution is -0.140. The molecule has 1 aromatic carbocycles. The van der Waals surface area contributed by atoms with Crippen molar-refractivity contribution in [2.75, 3.05) is 13.7 Å². The summed E-state index contributed by atoms with van der Waals surface area (Å²) in [6.07, 6.45) is -4.03. The molecule has 0 N–H and O–H groups in total. The summed E-state index contributed by atoms with van der Waals surface area (Å²) in [7, 11) is 1.48. The molecule has 0 aliphatic carbocycles. The van der Waals surface area contributed by atoms with Crippen molar-refractivity contribution in [3.8, 4) is 0 Å². The highest BCUT2D eigenvalue weighted by atomic mass is 19.4. The van der Waals surface area contributed by atoms with Gasteiger partial charge >= 0.3 is 6.18 Å². The molecule has 0 radical (unpaired) electrons. The van der Waals surface area contributed by atoms with Crippen LogP contribution in [0.4, 0.5) is 17.6 Å². The molecule has 0 aromatic heterocycles. The summed E-state index contributed by atoms with van der Waals surface area (Å²) in [5, 5.41) is 0. The Bertz CT molecular complexity index is 373. The Labute approximate surface area is 97.4 Å². The number of benzene rings is 1. The zero-order valence-electron chi connectivity index (χ0n) is 9.64. The number of hydrogen-bond donors (Lipinski definition) is 0. The van der Waals surface area contributed by atoms with Gasteiger partial charge in [0.05, 0.1) is 12.2 Å². The molecule has 0 saturated heterocycles. The van der Waals surface area contributed by atoms with Crippen LogP contribution in [0.3, 0.4) is 0 Å². The van der Waals surface area contributed by atoms with Gasteiger partial charge in [0.1, 0.15) is 5.82 Å². The molecule has 0 aliphatic heterocycles. The van der Waals surface area contributed by atoms with Crippen LogP contribution in [0.5, 0.6) is 0 Å². The number of rotatable bonds is 4. The van der Waals surface area contributed by atoms with Crippen LogP contribution >= 0.6 is 0 Å². The SMILES string of the molecule is CC[C@H](COC)c1ccc(F)c(C(F)(F)F)c1. The normalized spacial score (nSPS) is 13.8. The fourth-order valence-electron chi connectivity index (χ4n) is 1.67. The van der Waals surface area contributed by atoms with Gasteiger partial charge in [-0.1, -0.05) is 13.0 Å². The van der Waals surface area contributed by atoms with E-state index in [0.717, 1.165) is 12.1 Å². The van der Waals surface area contributed by atoms with E-state index in [9.17, 15) is 17.6 Å². The minimum atomic E-state index is -4.66. The fraction of sp³-hybridized carbons (Fsp3) is 0.500. The van der Waals surface area contributed by atoms with E-state index in [4.69, 9.17) is 4.74 Å². The van der Waals surface area contributed by atoms with Crippen molar-refractivity contribution >= 4 is 0 Å². The van der Waals surface area contributed by atoms with E-state index < -0.39 is 17.6 Å². The Morgan fingerprint density at radius 1 is 1.29 bits per heavy atom. The summed E-state index contributed by atoms with van der Waals surface area (Å²) in [6, 6.07) is 3.09. The maximum Gasteiger partial charge on any atom is 0.419 e. The molecule has 17 heavy (non-hydrogen) atoms. The second-order valence-corrected chi connectivity index (χ2v) is 3.80. The van der Waals surface area contributed by atoms with Gasteiger partial charge in [-0.3, -0.25) is 0 Å². The monoisotopic (exact) mass is 250 g/mol. The van der Waals surface area contributed by atoms with Crippen LogP contribution in [0.1, 0.15) is 30.4 Å². The zero-order chi connectivity index (χ0) is 13.1. The standard InChI is InChI=1S/C12H14F4O/c1-3-8(7-17-2)9-4-5-11(13)10(6-9)12(14,15)16/h4-6,8H,3,7H2,1-2H3/t8-/m1/s1. The quantitative estimate of drug-likeness (QED) is 0.734. The smallest absolute Gasteiger partial charge is 0.384 e. The maximum absolute atomic E-state index is 13.1. The van der Waals surface area contributed by atoms with Crippen molar-refractivity contribution in [1.29, 1.82) is 0 Å². The van der Waals surface area contributed by atoms with Crippen molar-refractivity contribution in [3.63, 3.8) is 0 Å². The molecule has 96 valence electrons. The molecule has 0 saturated carbocycles. The van der Waals surface area contributed by atoms with Crippen molar-refractivity contribution in [1.82, 2.24) is 0 Å². The average molecular weight is 250 g/mol. The van der Waals surface area contributed by atoms with Crippen LogP contribution in [-0.2, 0) is 10.9 Å². The first-order chi connectivity index (χ1) is 7.90. The van der Waals surface area contributed by atoms with Gasteiger partial charge in [0.2, 0.25) is 0 Å². The molecule has 1 aromatic rings. The molecule has 1 atom stereocenters. The number of alkyl halides is 3. The second-order valence-electron chi connectivity index (χ2n) is 3.80. The fourth-order valence-corrected chi connectivity index (χ4v) is 1.67. The molecule has 1 rings (SSSR count). The van der Waals surface area contributed by atoms with E-state index in [1.165, 1.54) is 13.2 Å². The maximum atomic E-state index is 13.1. The van der Waals surface area contributed by atoms with E-state index in [0.29, 0.717) is 18.6 Å². The number of ether oxygens (including phenoxy) is 1. The summed E-state index contributed by atoms with van der Waals surface area (Å²) < 4.78 is 55.5. The molecule has 0 bridgehead atoms. The van der Waals surface area contributed by atoms with Gasteiger partial charge in [-0.05, 0) is 24.1 Å². The van der Waals surface area contributed by atoms with Crippen LogP contribution in [0.2, 0.25) is 0 Å². The molecular weight excluding hydrogens is 236 g/mol. The largest absolute Gasteiger partial charge is 0.419 e. The van der Waals surface area contributed by atoms with Crippen LogP contribution in [-0.4, -0.2) is 13.7 Å². The minimum Gasteiger partial charge on any atom is -0.384 e.